The molecule has 4 nitrogen and oxygen atoms in total. The number of carboxylic acid groups (broad SMARTS) is 1. The second kappa shape index (κ2) is 6.37. The lowest BCUT2D eigenvalue weighted by molar-refractivity contribution is -0.138. The maximum atomic E-state index is 10.7. The molecule has 0 aromatic heterocycles. The second-order valence-electron chi connectivity index (χ2n) is 4.94. The molecule has 1 atom stereocenters. The highest BCUT2D eigenvalue weighted by atomic mass is 35.5. The first-order valence-electron chi connectivity index (χ1n) is 6.50. The highest BCUT2D eigenvalue weighted by molar-refractivity contribution is 6.30. The zero-order chi connectivity index (χ0) is 13.8. The van der Waals surface area contributed by atoms with Crippen molar-refractivity contribution in [2.24, 2.45) is 0 Å². The summed E-state index contributed by atoms with van der Waals surface area (Å²) in [6, 6.07) is 8.23. The number of piperazine rings is 1. The van der Waals surface area contributed by atoms with Crippen molar-refractivity contribution < 1.29 is 9.90 Å². The van der Waals surface area contributed by atoms with E-state index in [-0.39, 0.29) is 6.54 Å². The van der Waals surface area contributed by atoms with Crippen LogP contribution >= 0.6 is 11.6 Å². The SMILES string of the molecule is CC(c1cccc(Cl)c1)N1CCN(CC(=O)O)CC1. The summed E-state index contributed by atoms with van der Waals surface area (Å²) in [7, 11) is 0. The van der Waals surface area contributed by atoms with Crippen LogP contribution in [0.3, 0.4) is 0 Å². The normalized spacial score (nSPS) is 19.3. The van der Waals surface area contributed by atoms with Gasteiger partial charge in [0.05, 0.1) is 6.54 Å². The molecule has 2 rings (SSSR count). The maximum absolute atomic E-state index is 10.7. The Balaban J connectivity index is 1.92. The third-order valence-corrected chi connectivity index (χ3v) is 3.88. The molecule has 0 aliphatic carbocycles. The molecule has 1 aromatic carbocycles. The molecular formula is C14H19ClN2O2. The van der Waals surface area contributed by atoms with Gasteiger partial charge in [0.15, 0.2) is 0 Å². The van der Waals surface area contributed by atoms with Gasteiger partial charge < -0.3 is 5.11 Å². The smallest absolute Gasteiger partial charge is 0.317 e. The van der Waals surface area contributed by atoms with E-state index < -0.39 is 5.97 Å². The lowest BCUT2D eigenvalue weighted by atomic mass is 10.1. The fourth-order valence-electron chi connectivity index (χ4n) is 2.48. The average molecular weight is 283 g/mol. The lowest BCUT2D eigenvalue weighted by Gasteiger charge is -2.37. The highest BCUT2D eigenvalue weighted by Crippen LogP contribution is 2.23. The van der Waals surface area contributed by atoms with Crippen molar-refractivity contribution in [2.45, 2.75) is 13.0 Å². The molecule has 1 N–H and O–H groups in total. The Kier molecular flexibility index (Phi) is 4.80. The van der Waals surface area contributed by atoms with Gasteiger partial charge in [-0.2, -0.15) is 0 Å². The molecule has 5 heteroatoms. The zero-order valence-electron chi connectivity index (χ0n) is 11.1. The van der Waals surface area contributed by atoms with Crippen LogP contribution in [-0.2, 0) is 4.79 Å². The van der Waals surface area contributed by atoms with E-state index in [4.69, 9.17) is 16.7 Å². The summed E-state index contributed by atoms with van der Waals surface area (Å²) < 4.78 is 0. The van der Waals surface area contributed by atoms with Gasteiger partial charge in [-0.25, -0.2) is 0 Å². The number of rotatable bonds is 4. The summed E-state index contributed by atoms with van der Waals surface area (Å²) in [5.41, 5.74) is 1.21. The molecule has 1 aliphatic heterocycles. The molecule has 1 aliphatic rings. The molecule has 0 saturated carbocycles. The number of carbonyl (C=O) groups is 1. The van der Waals surface area contributed by atoms with Crippen molar-refractivity contribution in [3.63, 3.8) is 0 Å². The van der Waals surface area contributed by atoms with Gasteiger partial charge in [0.1, 0.15) is 0 Å². The minimum Gasteiger partial charge on any atom is -0.480 e. The summed E-state index contributed by atoms with van der Waals surface area (Å²) in [5, 5.41) is 9.54. The molecule has 104 valence electrons. The van der Waals surface area contributed by atoms with Gasteiger partial charge in [-0.05, 0) is 24.6 Å². The molecular weight excluding hydrogens is 264 g/mol. The van der Waals surface area contributed by atoms with Crippen LogP contribution in [0.25, 0.3) is 0 Å². The van der Waals surface area contributed by atoms with Crippen LogP contribution in [-0.4, -0.2) is 53.6 Å². The third kappa shape index (κ3) is 3.93. The van der Waals surface area contributed by atoms with E-state index in [0.717, 1.165) is 31.2 Å². The van der Waals surface area contributed by atoms with Crippen molar-refractivity contribution >= 4 is 17.6 Å². The second-order valence-corrected chi connectivity index (χ2v) is 5.37. The van der Waals surface area contributed by atoms with Crippen molar-refractivity contribution in [3.8, 4) is 0 Å². The van der Waals surface area contributed by atoms with Gasteiger partial charge in [0.25, 0.3) is 0 Å². The van der Waals surface area contributed by atoms with Crippen LogP contribution < -0.4 is 0 Å². The van der Waals surface area contributed by atoms with E-state index in [1.807, 2.05) is 23.1 Å². The van der Waals surface area contributed by atoms with E-state index in [2.05, 4.69) is 17.9 Å². The van der Waals surface area contributed by atoms with E-state index in [0.29, 0.717) is 6.04 Å². The number of benzene rings is 1. The Bertz CT molecular complexity index is 445. The molecule has 0 radical (unpaired) electrons. The molecule has 1 unspecified atom stereocenters. The Morgan fingerprint density at radius 3 is 2.63 bits per heavy atom. The number of halogens is 1. The average Bonchev–Trinajstić information content (AvgIpc) is 2.38. The van der Waals surface area contributed by atoms with Crippen LogP contribution in [0, 0.1) is 0 Å². The molecule has 1 saturated heterocycles. The Morgan fingerprint density at radius 2 is 2.05 bits per heavy atom. The van der Waals surface area contributed by atoms with Gasteiger partial charge >= 0.3 is 5.97 Å². The van der Waals surface area contributed by atoms with Crippen molar-refractivity contribution in [3.05, 3.63) is 34.9 Å². The monoisotopic (exact) mass is 282 g/mol. The topological polar surface area (TPSA) is 43.8 Å². The van der Waals surface area contributed by atoms with Gasteiger partial charge in [-0.1, -0.05) is 23.7 Å². The maximum Gasteiger partial charge on any atom is 0.317 e. The molecule has 0 amide bonds. The number of aliphatic carboxylic acids is 1. The first kappa shape index (κ1) is 14.3. The quantitative estimate of drug-likeness (QED) is 0.919. The molecule has 1 heterocycles. The van der Waals surface area contributed by atoms with Gasteiger partial charge in [-0.15, -0.1) is 0 Å². The molecule has 0 spiro atoms. The van der Waals surface area contributed by atoms with E-state index in [9.17, 15) is 4.79 Å². The van der Waals surface area contributed by atoms with E-state index in [1.54, 1.807) is 0 Å². The Morgan fingerprint density at radius 1 is 1.37 bits per heavy atom. The fourth-order valence-corrected chi connectivity index (χ4v) is 2.68. The number of nitrogens with zero attached hydrogens (tertiary/aromatic N) is 2. The van der Waals surface area contributed by atoms with E-state index >= 15 is 0 Å². The molecule has 0 bridgehead atoms. The van der Waals surface area contributed by atoms with Crippen LogP contribution in [0.1, 0.15) is 18.5 Å². The summed E-state index contributed by atoms with van der Waals surface area (Å²) in [6.45, 7) is 5.69. The molecule has 19 heavy (non-hydrogen) atoms. The van der Waals surface area contributed by atoms with Gasteiger partial charge in [0, 0.05) is 37.2 Å². The predicted octanol–water partition coefficient (Wildman–Crippen LogP) is 2.10. The standard InChI is InChI=1S/C14H19ClN2O2/c1-11(12-3-2-4-13(15)9-12)17-7-5-16(6-8-17)10-14(18)19/h2-4,9,11H,5-8,10H2,1H3,(H,18,19). The largest absolute Gasteiger partial charge is 0.480 e. The predicted molar refractivity (Wildman–Crippen MR) is 75.5 cm³/mol. The number of hydrogen-bond acceptors (Lipinski definition) is 3. The van der Waals surface area contributed by atoms with E-state index in [1.165, 1.54) is 5.56 Å². The van der Waals surface area contributed by atoms with Crippen LogP contribution in [0.5, 0.6) is 0 Å². The minimum atomic E-state index is -0.753. The highest BCUT2D eigenvalue weighted by Gasteiger charge is 2.22. The van der Waals surface area contributed by atoms with Gasteiger partial charge in [0.2, 0.25) is 0 Å². The molecule has 1 fully saturated rings. The summed E-state index contributed by atoms with van der Waals surface area (Å²) in [6.07, 6.45) is 0. The van der Waals surface area contributed by atoms with Gasteiger partial charge in [-0.3, -0.25) is 14.6 Å². The minimum absolute atomic E-state index is 0.138. The Hall–Kier alpha value is -1.10. The third-order valence-electron chi connectivity index (χ3n) is 3.64. The fraction of sp³-hybridized carbons (Fsp3) is 0.500. The number of carboxylic acids is 1. The lowest BCUT2D eigenvalue weighted by Crippen LogP contribution is -2.48. The summed E-state index contributed by atoms with van der Waals surface area (Å²) >= 11 is 6.02. The van der Waals surface area contributed by atoms with Crippen LogP contribution in [0.4, 0.5) is 0 Å². The van der Waals surface area contributed by atoms with Crippen molar-refractivity contribution in [1.29, 1.82) is 0 Å². The Labute approximate surface area is 118 Å². The molecule has 1 aromatic rings. The van der Waals surface area contributed by atoms with Crippen molar-refractivity contribution in [2.75, 3.05) is 32.7 Å². The van der Waals surface area contributed by atoms with Crippen molar-refractivity contribution in [1.82, 2.24) is 9.80 Å². The first-order valence-corrected chi connectivity index (χ1v) is 6.87. The summed E-state index contributed by atoms with van der Waals surface area (Å²) in [4.78, 5) is 15.0. The zero-order valence-corrected chi connectivity index (χ0v) is 11.8. The first-order chi connectivity index (χ1) is 9.06. The van der Waals surface area contributed by atoms with Crippen LogP contribution in [0.15, 0.2) is 24.3 Å². The summed E-state index contributed by atoms with van der Waals surface area (Å²) in [5.74, 6) is -0.753. The number of hydrogen-bond donors (Lipinski definition) is 1. The van der Waals surface area contributed by atoms with Crippen LogP contribution in [0.2, 0.25) is 5.02 Å².